The van der Waals surface area contributed by atoms with Crippen LogP contribution in [-0.2, 0) is 29.1 Å². The second-order valence-corrected chi connectivity index (χ2v) is 12.5. The van der Waals surface area contributed by atoms with Crippen molar-refractivity contribution in [1.82, 2.24) is 9.80 Å². The van der Waals surface area contributed by atoms with Crippen molar-refractivity contribution < 1.29 is 33.3 Å². The zero-order chi connectivity index (χ0) is 33.4. The lowest BCUT2D eigenvalue weighted by atomic mass is 9.81. The van der Waals surface area contributed by atoms with Gasteiger partial charge < -0.3 is 28.6 Å². The van der Waals surface area contributed by atoms with Crippen LogP contribution in [0.4, 0.5) is 4.79 Å². The number of rotatable bonds is 8. The fourth-order valence-corrected chi connectivity index (χ4v) is 6.67. The SMILES string of the molecule is COc1cc2c(cc1C)C[C@H]1C(=O)N(Cc3ccccc3)/C(=C\c3cc4c(cc3OCc3ccccc3)OCO4)[C@@H]2N1C(=O)OC(C)C. The van der Waals surface area contributed by atoms with E-state index in [0.717, 1.165) is 27.8 Å². The topological polar surface area (TPSA) is 86.8 Å². The van der Waals surface area contributed by atoms with Gasteiger partial charge in [-0.2, -0.15) is 0 Å². The quantitative estimate of drug-likeness (QED) is 0.200. The van der Waals surface area contributed by atoms with Gasteiger partial charge in [0.25, 0.3) is 0 Å². The summed E-state index contributed by atoms with van der Waals surface area (Å²) in [5.74, 6) is 2.21. The maximum Gasteiger partial charge on any atom is 0.411 e. The molecule has 0 radical (unpaired) electrons. The lowest BCUT2D eigenvalue weighted by Crippen LogP contribution is -2.61. The van der Waals surface area contributed by atoms with Crippen molar-refractivity contribution in [2.45, 2.75) is 58.5 Å². The Kier molecular flexibility index (Phi) is 8.43. The van der Waals surface area contributed by atoms with E-state index in [0.29, 0.717) is 53.8 Å². The molecule has 4 aromatic carbocycles. The van der Waals surface area contributed by atoms with Crippen LogP contribution in [0.1, 0.15) is 53.3 Å². The fourth-order valence-electron chi connectivity index (χ4n) is 6.67. The molecule has 7 rings (SSSR count). The summed E-state index contributed by atoms with van der Waals surface area (Å²) in [6.45, 7) is 6.33. The molecular formula is C39H38N2O7. The van der Waals surface area contributed by atoms with Gasteiger partial charge >= 0.3 is 6.09 Å². The van der Waals surface area contributed by atoms with Crippen molar-refractivity contribution in [3.63, 3.8) is 0 Å². The summed E-state index contributed by atoms with van der Waals surface area (Å²) in [4.78, 5) is 32.0. The largest absolute Gasteiger partial charge is 0.496 e. The van der Waals surface area contributed by atoms with Gasteiger partial charge in [0, 0.05) is 23.7 Å². The summed E-state index contributed by atoms with van der Waals surface area (Å²) in [5, 5.41) is 0. The van der Waals surface area contributed by atoms with E-state index in [9.17, 15) is 9.59 Å². The van der Waals surface area contributed by atoms with E-state index in [4.69, 9.17) is 23.7 Å². The molecule has 4 aromatic rings. The number of piperazine rings is 1. The summed E-state index contributed by atoms with van der Waals surface area (Å²) in [6, 6.07) is 26.1. The number of amides is 2. The summed E-state index contributed by atoms with van der Waals surface area (Å²) < 4.78 is 29.5. The van der Waals surface area contributed by atoms with Crippen LogP contribution < -0.4 is 18.9 Å². The highest BCUT2D eigenvalue weighted by Gasteiger charge is 2.51. The van der Waals surface area contributed by atoms with Gasteiger partial charge in [-0.25, -0.2) is 4.79 Å². The first kappa shape index (κ1) is 31.2. The number of nitrogens with zero attached hydrogens (tertiary/aromatic N) is 2. The molecule has 0 saturated carbocycles. The van der Waals surface area contributed by atoms with Gasteiger partial charge in [-0.05, 0) is 66.8 Å². The molecule has 3 aliphatic rings. The molecule has 3 aliphatic heterocycles. The summed E-state index contributed by atoms with van der Waals surface area (Å²) in [5.41, 5.74) is 6.07. The van der Waals surface area contributed by atoms with Gasteiger partial charge in [0.1, 0.15) is 30.2 Å². The van der Waals surface area contributed by atoms with E-state index in [-0.39, 0.29) is 18.8 Å². The van der Waals surface area contributed by atoms with Crippen LogP contribution in [-0.4, -0.2) is 47.8 Å². The monoisotopic (exact) mass is 646 g/mol. The average molecular weight is 647 g/mol. The molecule has 2 amide bonds. The third kappa shape index (κ3) is 5.92. The molecule has 1 fully saturated rings. The molecule has 0 aliphatic carbocycles. The van der Waals surface area contributed by atoms with Gasteiger partial charge in [0.15, 0.2) is 11.5 Å². The van der Waals surface area contributed by atoms with Crippen LogP contribution in [0.15, 0.2) is 90.6 Å². The molecule has 0 spiro atoms. The number of fused-ring (bicyclic) bond motifs is 5. The number of methoxy groups -OCH3 is 1. The van der Waals surface area contributed by atoms with Crippen molar-refractivity contribution in [3.05, 3.63) is 124 Å². The van der Waals surface area contributed by atoms with E-state index in [1.165, 1.54) is 0 Å². The molecule has 48 heavy (non-hydrogen) atoms. The van der Waals surface area contributed by atoms with Crippen molar-refractivity contribution in [2.24, 2.45) is 0 Å². The zero-order valence-corrected chi connectivity index (χ0v) is 27.5. The highest BCUT2D eigenvalue weighted by molar-refractivity contribution is 5.92. The average Bonchev–Trinajstić information content (AvgIpc) is 3.54. The third-order valence-corrected chi connectivity index (χ3v) is 8.90. The Labute approximate surface area is 280 Å². The lowest BCUT2D eigenvalue weighted by molar-refractivity contribution is -0.141. The normalized spacial score (nSPS) is 18.6. The number of carbonyl (C=O) groups is 2. The number of hydrogen-bond donors (Lipinski definition) is 0. The Balaban J connectivity index is 1.43. The van der Waals surface area contributed by atoms with Crippen LogP contribution >= 0.6 is 0 Å². The predicted octanol–water partition coefficient (Wildman–Crippen LogP) is 7.21. The standard InChI is InChI=1S/C39H38N2O7/c1-24(2)48-39(43)41-32-16-28-15-25(3)33(44-4)19-30(28)37(41)31(40(38(32)42)21-26-11-7-5-8-12-26)17-29-18-35-36(47-23-46-35)20-34(29)45-22-27-13-9-6-10-14-27/h5-15,17-20,24,32,37H,16,21-23H2,1-4H3/b31-17-/t32-,37+/m0/s1. The summed E-state index contributed by atoms with van der Waals surface area (Å²) in [6.07, 6.45) is 1.37. The van der Waals surface area contributed by atoms with Gasteiger partial charge in [-0.3, -0.25) is 9.69 Å². The Morgan fingerprint density at radius 1 is 0.938 bits per heavy atom. The molecule has 0 unspecified atom stereocenters. The Hall–Kier alpha value is -5.44. The van der Waals surface area contributed by atoms with Gasteiger partial charge in [-0.1, -0.05) is 66.7 Å². The number of benzene rings is 4. The van der Waals surface area contributed by atoms with Crippen LogP contribution in [0.5, 0.6) is 23.0 Å². The van der Waals surface area contributed by atoms with Crippen molar-refractivity contribution in [1.29, 1.82) is 0 Å². The van der Waals surface area contributed by atoms with E-state index in [1.54, 1.807) is 30.8 Å². The second-order valence-electron chi connectivity index (χ2n) is 12.5. The molecule has 9 heteroatoms. The highest BCUT2D eigenvalue weighted by atomic mass is 16.7. The zero-order valence-electron chi connectivity index (χ0n) is 27.5. The van der Waals surface area contributed by atoms with E-state index in [1.807, 2.05) is 91.9 Å². The summed E-state index contributed by atoms with van der Waals surface area (Å²) in [7, 11) is 1.64. The number of ether oxygens (including phenoxy) is 5. The molecular weight excluding hydrogens is 608 g/mol. The van der Waals surface area contributed by atoms with Crippen LogP contribution in [0.2, 0.25) is 0 Å². The van der Waals surface area contributed by atoms with Crippen molar-refractivity contribution >= 4 is 18.1 Å². The molecule has 246 valence electrons. The maximum atomic E-state index is 14.7. The van der Waals surface area contributed by atoms with E-state index < -0.39 is 18.2 Å². The minimum Gasteiger partial charge on any atom is -0.496 e. The highest BCUT2D eigenvalue weighted by Crippen LogP contribution is 2.48. The van der Waals surface area contributed by atoms with Crippen LogP contribution in [0.3, 0.4) is 0 Å². The van der Waals surface area contributed by atoms with Gasteiger partial charge in [0.05, 0.1) is 19.8 Å². The smallest absolute Gasteiger partial charge is 0.411 e. The van der Waals surface area contributed by atoms with Gasteiger partial charge in [-0.15, -0.1) is 0 Å². The van der Waals surface area contributed by atoms with Crippen molar-refractivity contribution in [3.8, 4) is 23.0 Å². The second kappa shape index (κ2) is 13.0. The number of carbonyl (C=O) groups excluding carboxylic acids is 2. The minimum absolute atomic E-state index is 0.0950. The Morgan fingerprint density at radius 3 is 2.31 bits per heavy atom. The first-order valence-corrected chi connectivity index (χ1v) is 16.1. The molecule has 2 bridgehead atoms. The first-order chi connectivity index (χ1) is 23.3. The summed E-state index contributed by atoms with van der Waals surface area (Å²) >= 11 is 0. The van der Waals surface area contributed by atoms with Crippen LogP contribution in [0, 0.1) is 6.92 Å². The van der Waals surface area contributed by atoms with Crippen LogP contribution in [0.25, 0.3) is 6.08 Å². The lowest BCUT2D eigenvalue weighted by Gasteiger charge is -2.50. The first-order valence-electron chi connectivity index (χ1n) is 16.1. The molecule has 9 nitrogen and oxygen atoms in total. The van der Waals surface area contributed by atoms with Crippen molar-refractivity contribution in [2.75, 3.05) is 13.9 Å². The Bertz CT molecular complexity index is 1870. The molecule has 0 aromatic heterocycles. The van der Waals surface area contributed by atoms with Gasteiger partial charge in [0.2, 0.25) is 12.7 Å². The molecule has 1 saturated heterocycles. The molecule has 2 atom stereocenters. The third-order valence-electron chi connectivity index (χ3n) is 8.90. The van der Waals surface area contributed by atoms with E-state index >= 15 is 0 Å². The number of aryl methyl sites for hydroxylation is 1. The predicted molar refractivity (Wildman–Crippen MR) is 180 cm³/mol. The maximum absolute atomic E-state index is 14.7. The minimum atomic E-state index is -0.757. The Morgan fingerprint density at radius 2 is 1.62 bits per heavy atom. The number of hydrogen-bond acceptors (Lipinski definition) is 7. The van der Waals surface area contributed by atoms with E-state index in [2.05, 4.69) is 6.07 Å². The molecule has 0 N–H and O–H groups in total. The molecule has 3 heterocycles. The fraction of sp³-hybridized carbons (Fsp3) is 0.282.